The van der Waals surface area contributed by atoms with Crippen LogP contribution >= 0.6 is 11.6 Å². The molecular formula is C19H17ClFNO2. The van der Waals surface area contributed by atoms with Crippen LogP contribution in [0.2, 0.25) is 5.02 Å². The predicted octanol–water partition coefficient (Wildman–Crippen LogP) is 4.37. The number of ether oxygens (including phenoxy) is 2. The van der Waals surface area contributed by atoms with E-state index in [0.717, 1.165) is 25.1 Å². The average molecular weight is 346 g/mol. The molecule has 24 heavy (non-hydrogen) atoms. The van der Waals surface area contributed by atoms with Crippen LogP contribution in [0.1, 0.15) is 23.7 Å². The molecular weight excluding hydrogens is 329 g/mol. The molecule has 0 saturated carbocycles. The molecule has 0 fully saturated rings. The van der Waals surface area contributed by atoms with Crippen molar-refractivity contribution < 1.29 is 13.9 Å². The fourth-order valence-corrected chi connectivity index (χ4v) is 3.29. The molecule has 2 aromatic carbocycles. The molecule has 3 nitrogen and oxygen atoms in total. The summed E-state index contributed by atoms with van der Waals surface area (Å²) >= 11 is 5.84. The van der Waals surface area contributed by atoms with Gasteiger partial charge in [-0.25, -0.2) is 4.39 Å². The minimum Gasteiger partial charge on any atom is -0.485 e. The van der Waals surface area contributed by atoms with Crippen molar-refractivity contribution >= 4 is 17.2 Å². The van der Waals surface area contributed by atoms with Gasteiger partial charge in [-0.2, -0.15) is 0 Å². The molecule has 0 aromatic heterocycles. The Bertz CT molecular complexity index is 806. The Labute approximate surface area is 145 Å². The molecule has 2 heterocycles. The fraction of sp³-hybridized carbons (Fsp3) is 0.263. The molecule has 0 radical (unpaired) electrons. The third-order valence-corrected chi connectivity index (χ3v) is 4.58. The van der Waals surface area contributed by atoms with Crippen LogP contribution in [0.15, 0.2) is 42.5 Å². The van der Waals surface area contributed by atoms with Crippen molar-refractivity contribution in [1.29, 1.82) is 0 Å². The second-order valence-electron chi connectivity index (χ2n) is 5.90. The summed E-state index contributed by atoms with van der Waals surface area (Å²) in [5.74, 6) is 1.02. The highest BCUT2D eigenvalue weighted by atomic mass is 35.5. The van der Waals surface area contributed by atoms with Crippen LogP contribution in [0, 0.1) is 5.82 Å². The quantitative estimate of drug-likeness (QED) is 0.876. The number of nitrogens with one attached hydrogen (secondary N) is 1. The number of hydrogen-bond donors (Lipinski definition) is 1. The zero-order valence-electron chi connectivity index (χ0n) is 13.0. The summed E-state index contributed by atoms with van der Waals surface area (Å²) in [5, 5.41) is 3.67. The summed E-state index contributed by atoms with van der Waals surface area (Å²) in [4.78, 5) is 0. The largest absolute Gasteiger partial charge is 0.485 e. The van der Waals surface area contributed by atoms with Gasteiger partial charge in [-0.15, -0.1) is 0 Å². The van der Waals surface area contributed by atoms with Gasteiger partial charge in [0.25, 0.3) is 0 Å². The lowest BCUT2D eigenvalue weighted by Gasteiger charge is -2.29. The Hall–Kier alpha value is -2.04. The van der Waals surface area contributed by atoms with Gasteiger partial charge in [-0.1, -0.05) is 35.9 Å². The summed E-state index contributed by atoms with van der Waals surface area (Å²) in [6.45, 7) is 2.05. The number of hydrogen-bond acceptors (Lipinski definition) is 3. The van der Waals surface area contributed by atoms with Crippen molar-refractivity contribution in [3.63, 3.8) is 0 Å². The van der Waals surface area contributed by atoms with E-state index in [4.69, 9.17) is 21.1 Å². The van der Waals surface area contributed by atoms with E-state index in [-0.39, 0.29) is 12.4 Å². The van der Waals surface area contributed by atoms with Gasteiger partial charge in [0, 0.05) is 22.7 Å². The van der Waals surface area contributed by atoms with E-state index in [1.165, 1.54) is 11.6 Å². The normalized spacial score (nSPS) is 19.8. The first-order chi connectivity index (χ1) is 11.7. The van der Waals surface area contributed by atoms with E-state index in [0.29, 0.717) is 22.1 Å². The van der Waals surface area contributed by atoms with Crippen LogP contribution in [-0.2, 0) is 0 Å². The van der Waals surface area contributed by atoms with E-state index < -0.39 is 6.10 Å². The molecule has 0 aliphatic carbocycles. The minimum atomic E-state index is -0.488. The number of benzene rings is 2. The fourth-order valence-electron chi connectivity index (χ4n) is 3.13. The first-order valence-corrected chi connectivity index (χ1v) is 8.38. The van der Waals surface area contributed by atoms with Crippen molar-refractivity contribution in [1.82, 2.24) is 5.32 Å². The van der Waals surface area contributed by atoms with Gasteiger partial charge < -0.3 is 14.8 Å². The predicted molar refractivity (Wildman–Crippen MR) is 92.2 cm³/mol. The highest BCUT2D eigenvalue weighted by Crippen LogP contribution is 2.43. The Morgan fingerprint density at radius 3 is 2.92 bits per heavy atom. The summed E-state index contributed by atoms with van der Waals surface area (Å²) in [6, 6.07) is 10.5. The zero-order valence-corrected chi connectivity index (χ0v) is 13.8. The number of rotatable bonds is 2. The topological polar surface area (TPSA) is 30.5 Å². The smallest absolute Gasteiger partial charge is 0.169 e. The SMILES string of the molecule is Fc1cc(Cl)ccc1[C@@H]1COc2cccc(C3=CCNCC3)c2O1. The summed E-state index contributed by atoms with van der Waals surface area (Å²) < 4.78 is 26.2. The molecule has 2 aliphatic rings. The van der Waals surface area contributed by atoms with Crippen molar-refractivity contribution in [3.8, 4) is 11.5 Å². The van der Waals surface area contributed by atoms with Crippen LogP contribution < -0.4 is 14.8 Å². The van der Waals surface area contributed by atoms with Crippen LogP contribution in [0.5, 0.6) is 11.5 Å². The molecule has 124 valence electrons. The molecule has 1 N–H and O–H groups in total. The Kier molecular flexibility index (Phi) is 4.17. The molecule has 1 atom stereocenters. The van der Waals surface area contributed by atoms with Crippen LogP contribution in [0.4, 0.5) is 4.39 Å². The maximum absolute atomic E-state index is 14.2. The van der Waals surface area contributed by atoms with Gasteiger partial charge in [0.05, 0.1) is 0 Å². The number of para-hydroxylation sites is 1. The maximum atomic E-state index is 14.2. The first-order valence-electron chi connectivity index (χ1n) is 8.00. The van der Waals surface area contributed by atoms with Gasteiger partial charge in [-0.05, 0) is 36.7 Å². The van der Waals surface area contributed by atoms with Gasteiger partial charge in [0.15, 0.2) is 17.6 Å². The molecule has 5 heteroatoms. The van der Waals surface area contributed by atoms with Crippen molar-refractivity contribution in [2.24, 2.45) is 0 Å². The molecule has 0 saturated heterocycles. The standard InChI is InChI=1S/C19H17ClFNO2/c20-13-4-5-15(16(21)10-13)18-11-23-17-3-1-2-14(19(17)24-18)12-6-8-22-9-7-12/h1-6,10,18,22H,7-9,11H2/t18-/m0/s1. The van der Waals surface area contributed by atoms with E-state index in [9.17, 15) is 4.39 Å². The molecule has 0 spiro atoms. The van der Waals surface area contributed by atoms with Crippen molar-refractivity contribution in [3.05, 3.63) is 64.4 Å². The Morgan fingerprint density at radius 2 is 2.12 bits per heavy atom. The van der Waals surface area contributed by atoms with E-state index in [2.05, 4.69) is 11.4 Å². The lowest BCUT2D eigenvalue weighted by atomic mass is 9.98. The van der Waals surface area contributed by atoms with Crippen molar-refractivity contribution in [2.75, 3.05) is 19.7 Å². The van der Waals surface area contributed by atoms with Crippen molar-refractivity contribution in [2.45, 2.75) is 12.5 Å². The zero-order chi connectivity index (χ0) is 16.5. The third kappa shape index (κ3) is 2.87. The summed E-state index contributed by atoms with van der Waals surface area (Å²) in [5.41, 5.74) is 2.71. The first kappa shape index (κ1) is 15.5. The lowest BCUT2D eigenvalue weighted by Crippen LogP contribution is -2.24. The van der Waals surface area contributed by atoms with Gasteiger partial charge in [0.2, 0.25) is 0 Å². The number of fused-ring (bicyclic) bond motifs is 1. The second-order valence-corrected chi connectivity index (χ2v) is 6.34. The molecule has 2 aromatic rings. The van der Waals surface area contributed by atoms with Crippen LogP contribution in [-0.4, -0.2) is 19.7 Å². The third-order valence-electron chi connectivity index (χ3n) is 4.35. The van der Waals surface area contributed by atoms with Crippen LogP contribution in [0.3, 0.4) is 0 Å². The Morgan fingerprint density at radius 1 is 1.21 bits per heavy atom. The van der Waals surface area contributed by atoms with Gasteiger partial charge >= 0.3 is 0 Å². The number of halogens is 2. The monoisotopic (exact) mass is 345 g/mol. The highest BCUT2D eigenvalue weighted by molar-refractivity contribution is 6.30. The molecule has 2 aliphatic heterocycles. The van der Waals surface area contributed by atoms with Crippen LogP contribution in [0.25, 0.3) is 5.57 Å². The Balaban J connectivity index is 1.70. The lowest BCUT2D eigenvalue weighted by molar-refractivity contribution is 0.0882. The highest BCUT2D eigenvalue weighted by Gasteiger charge is 2.28. The van der Waals surface area contributed by atoms with Gasteiger partial charge in [-0.3, -0.25) is 0 Å². The maximum Gasteiger partial charge on any atom is 0.169 e. The summed E-state index contributed by atoms with van der Waals surface area (Å²) in [6.07, 6.45) is 2.60. The van der Waals surface area contributed by atoms with E-state index in [1.807, 2.05) is 18.2 Å². The minimum absolute atomic E-state index is 0.273. The molecule has 0 amide bonds. The molecule has 0 bridgehead atoms. The molecule has 4 rings (SSSR count). The van der Waals surface area contributed by atoms with Gasteiger partial charge in [0.1, 0.15) is 12.4 Å². The average Bonchev–Trinajstić information content (AvgIpc) is 2.61. The van der Waals surface area contributed by atoms with E-state index in [1.54, 1.807) is 12.1 Å². The summed E-state index contributed by atoms with van der Waals surface area (Å²) in [7, 11) is 0. The molecule has 0 unspecified atom stereocenters. The van der Waals surface area contributed by atoms with E-state index >= 15 is 0 Å². The second kappa shape index (κ2) is 6.46.